The third kappa shape index (κ3) is 94.6. The van der Waals surface area contributed by atoms with Gasteiger partial charge in [0.1, 0.15) is 0 Å². The molecule has 0 aromatic heterocycles. The first-order valence-corrected chi connectivity index (χ1v) is 0. The van der Waals surface area contributed by atoms with Crippen LogP contribution in [0.1, 0.15) is 0 Å². The van der Waals surface area contributed by atoms with Gasteiger partial charge >= 0.3 is 115 Å². The second-order valence-electron chi connectivity index (χ2n) is 0. The van der Waals surface area contributed by atoms with Crippen molar-refractivity contribution in [2.24, 2.45) is 0 Å². The van der Waals surface area contributed by atoms with Crippen molar-refractivity contribution in [2.75, 3.05) is 0 Å². The predicted octanol–water partition coefficient (Wildman–Crippen LogP) is -27.0. The molecule has 0 aliphatic carbocycles. The third-order valence-electron chi connectivity index (χ3n) is 0. The van der Waals surface area contributed by atoms with E-state index in [1.54, 1.807) is 0 Å². The van der Waals surface area contributed by atoms with E-state index >= 15 is 0 Å². The average molecular weight is 805 g/mol. The zero-order valence-corrected chi connectivity index (χ0v) is 17.3. The average Bonchev–Trinajstić information content (AvgIpc) is 0. The molecule has 0 nitrogen and oxygen atoms in total. The molecule has 0 atom stereocenters. The number of halogens is 9. The van der Waals surface area contributed by atoms with E-state index < -0.39 is 0 Å². The molecule has 12 heavy (non-hydrogen) atoms. The Morgan fingerprint density at radius 2 is 0.333 bits per heavy atom. The molecule has 1 radical (unpaired) electrons. The Bertz CT molecular complexity index is 14.5. The van der Waals surface area contributed by atoms with Gasteiger partial charge in [0.15, 0.2) is 0 Å². The van der Waals surface area contributed by atoms with Crippen LogP contribution in [0.2, 0.25) is 0 Å². The summed E-state index contributed by atoms with van der Waals surface area (Å²) in [7, 11) is 0. The largest absolute Gasteiger partial charge is 3.00 e. The van der Waals surface area contributed by atoms with E-state index in [0.717, 1.165) is 0 Å². The van der Waals surface area contributed by atoms with Crippen LogP contribution >= 0.6 is 0 Å². The molecule has 0 saturated carbocycles. The molecule has 93 valence electrons. The van der Waals surface area contributed by atoms with Gasteiger partial charge in [-0.15, -0.1) is 0 Å². The molecule has 0 aliphatic rings. The second kappa shape index (κ2) is 114. The van der Waals surface area contributed by atoms with Gasteiger partial charge in [0.05, 0.1) is 0 Å². The molecular formula is Cl9DyHoTb. The Labute approximate surface area is 220 Å². The van der Waals surface area contributed by atoms with Crippen LogP contribution < -0.4 is 112 Å². The van der Waals surface area contributed by atoms with Crippen molar-refractivity contribution in [3.63, 3.8) is 0 Å². The quantitative estimate of drug-likeness (QED) is 0.214. The summed E-state index contributed by atoms with van der Waals surface area (Å²) < 4.78 is 0. The van der Waals surface area contributed by atoms with Crippen molar-refractivity contribution in [3.8, 4) is 0 Å². The van der Waals surface area contributed by atoms with Gasteiger partial charge in [-0.3, -0.25) is 0 Å². The Morgan fingerprint density at radius 1 is 0.333 bits per heavy atom. The van der Waals surface area contributed by atoms with Gasteiger partial charge in [0, 0.05) is 0 Å². The summed E-state index contributed by atoms with van der Waals surface area (Å²) >= 11 is 0. The Hall–Kier alpha value is 6.43. The van der Waals surface area contributed by atoms with Crippen LogP contribution in [0.5, 0.6) is 0 Å². The van der Waals surface area contributed by atoms with E-state index in [2.05, 4.69) is 0 Å². The Kier molecular flexibility index (Phi) is 1280. The van der Waals surface area contributed by atoms with E-state index in [9.17, 15) is 0 Å². The van der Waals surface area contributed by atoms with Gasteiger partial charge in [-0.2, -0.15) is 0 Å². The number of hydrogen-bond acceptors (Lipinski definition) is 0. The maximum Gasteiger partial charge on any atom is 3.00 e. The molecule has 0 heterocycles. The van der Waals surface area contributed by atoms with Gasteiger partial charge in [0.25, 0.3) is 0 Å². The number of hydrogen-bond donors (Lipinski definition) is 0. The molecule has 0 aromatic rings. The maximum absolute atomic E-state index is 0. The second-order valence-corrected chi connectivity index (χ2v) is 0. The molecule has 0 unspecified atom stereocenters. The van der Waals surface area contributed by atoms with Crippen molar-refractivity contribution in [3.05, 3.63) is 0 Å². The van der Waals surface area contributed by atoms with Crippen LogP contribution in [0.4, 0.5) is 0 Å². The van der Waals surface area contributed by atoms with E-state index in [-0.39, 0.29) is 226 Å². The van der Waals surface area contributed by atoms with Crippen LogP contribution in [-0.2, 0) is 0 Å². The molecule has 12 heteroatoms. The van der Waals surface area contributed by atoms with Crippen molar-refractivity contribution in [1.29, 1.82) is 0 Å². The minimum atomic E-state index is 0. The first-order valence-electron chi connectivity index (χ1n) is 0. The Morgan fingerprint density at radius 3 is 0.333 bits per heavy atom. The summed E-state index contributed by atoms with van der Waals surface area (Å²) in [5.74, 6) is 0. The normalized spacial score (nSPS) is 0. The molecule has 0 aliphatic heterocycles. The van der Waals surface area contributed by atoms with Crippen LogP contribution in [0.15, 0.2) is 0 Å². The first kappa shape index (κ1) is 135. The molecule has 0 rings (SSSR count). The fourth-order valence-electron chi connectivity index (χ4n) is 0. The van der Waals surface area contributed by atoms with Crippen molar-refractivity contribution >= 4 is 0 Å². The van der Waals surface area contributed by atoms with Crippen LogP contribution in [-0.4, -0.2) is 0 Å². The summed E-state index contributed by atoms with van der Waals surface area (Å²) in [5, 5.41) is 0. The van der Waals surface area contributed by atoms with E-state index in [4.69, 9.17) is 0 Å². The fourth-order valence-corrected chi connectivity index (χ4v) is 0. The summed E-state index contributed by atoms with van der Waals surface area (Å²) in [6, 6.07) is 0. The van der Waals surface area contributed by atoms with Gasteiger partial charge in [-0.25, -0.2) is 0 Å². The molecule has 0 aromatic carbocycles. The SMILES string of the molecule is [Cl-].[Cl-].[Cl-].[Cl-].[Cl-].[Cl-].[Cl-].[Cl-].[Cl-].[Dy+3].[Ho+3].[Tb+3]. The topological polar surface area (TPSA) is 0 Å². The molecule has 0 bridgehead atoms. The van der Waals surface area contributed by atoms with E-state index in [1.165, 1.54) is 0 Å². The van der Waals surface area contributed by atoms with Crippen molar-refractivity contribution in [1.82, 2.24) is 0 Å². The van der Waals surface area contributed by atoms with Gasteiger partial charge in [0.2, 0.25) is 0 Å². The van der Waals surface area contributed by atoms with Crippen molar-refractivity contribution < 1.29 is 226 Å². The standard InChI is InChI=1S/9ClH.Dy.Ho.Tb/h9*1H;;;/q;;;;;;;;;3*+3/p-9. The Balaban J connectivity index is 0. The summed E-state index contributed by atoms with van der Waals surface area (Å²) in [6.45, 7) is 0. The monoisotopic (exact) mass is 803 g/mol. The molecule has 0 N–H and O–H groups in total. The number of rotatable bonds is 0. The fraction of sp³-hybridized carbons (Fsp3) is 0. The molecule has 0 spiro atoms. The first-order chi connectivity index (χ1) is 0. The minimum absolute atomic E-state index is 0. The van der Waals surface area contributed by atoms with Crippen LogP contribution in [0.3, 0.4) is 0 Å². The van der Waals surface area contributed by atoms with Gasteiger partial charge in [-0.05, 0) is 0 Å². The third-order valence-corrected chi connectivity index (χ3v) is 0. The molecule has 0 saturated heterocycles. The summed E-state index contributed by atoms with van der Waals surface area (Å²) in [6.07, 6.45) is 0. The van der Waals surface area contributed by atoms with Gasteiger partial charge in [-0.1, -0.05) is 0 Å². The maximum atomic E-state index is 0. The molecule has 0 amide bonds. The van der Waals surface area contributed by atoms with Crippen LogP contribution in [0, 0.1) is 115 Å². The van der Waals surface area contributed by atoms with Crippen molar-refractivity contribution in [2.45, 2.75) is 0 Å². The molecular weight excluding hydrogens is 805 g/mol. The van der Waals surface area contributed by atoms with E-state index in [0.29, 0.717) is 0 Å². The zero-order chi connectivity index (χ0) is 0. The van der Waals surface area contributed by atoms with Crippen LogP contribution in [0.25, 0.3) is 0 Å². The zero-order valence-electron chi connectivity index (χ0n) is 4.35. The predicted molar refractivity (Wildman–Crippen MR) is 0 cm³/mol. The smallest absolute Gasteiger partial charge is 1.00 e. The summed E-state index contributed by atoms with van der Waals surface area (Å²) in [5.41, 5.74) is 0. The minimum Gasteiger partial charge on any atom is -1.00 e. The van der Waals surface area contributed by atoms with E-state index in [1.807, 2.05) is 0 Å². The molecule has 0 fully saturated rings. The van der Waals surface area contributed by atoms with Gasteiger partial charge < -0.3 is 112 Å². The summed E-state index contributed by atoms with van der Waals surface area (Å²) in [4.78, 5) is 0.